The highest BCUT2D eigenvalue weighted by atomic mass is 16.7. The lowest BCUT2D eigenvalue weighted by atomic mass is 9.43. The standard InChI is InChI=1S/C31H54O5/c1-20(2)28(32)13-8-21(3)25-11-12-26-24-10-9-22-16-23(35-18-33-6)14-15-30(22,4)27(24)17-29(31(25,26)5)36-19-34-7/h20-27,29H,8-19H2,1-7H3/t21-,22-,23-,24?,25?,26?,27?,29+,30?,31?/m1/s1. The van der Waals surface area contributed by atoms with E-state index < -0.39 is 0 Å². The summed E-state index contributed by atoms with van der Waals surface area (Å²) >= 11 is 0. The lowest BCUT2D eigenvalue weighted by molar-refractivity contribution is -0.214. The van der Waals surface area contributed by atoms with Gasteiger partial charge in [-0.3, -0.25) is 4.79 Å². The van der Waals surface area contributed by atoms with Crippen LogP contribution >= 0.6 is 0 Å². The van der Waals surface area contributed by atoms with Crippen molar-refractivity contribution in [2.45, 2.75) is 111 Å². The van der Waals surface area contributed by atoms with Crippen molar-refractivity contribution in [1.82, 2.24) is 0 Å². The summed E-state index contributed by atoms with van der Waals surface area (Å²) < 4.78 is 23.3. The van der Waals surface area contributed by atoms with Crippen LogP contribution in [-0.2, 0) is 23.7 Å². The van der Waals surface area contributed by atoms with E-state index in [4.69, 9.17) is 18.9 Å². The third-order valence-corrected chi connectivity index (χ3v) is 11.7. The zero-order chi connectivity index (χ0) is 26.1. The van der Waals surface area contributed by atoms with Gasteiger partial charge in [-0.25, -0.2) is 0 Å². The molecule has 0 saturated heterocycles. The molecule has 0 N–H and O–H groups in total. The fourth-order valence-corrected chi connectivity index (χ4v) is 9.69. The number of rotatable bonds is 11. The summed E-state index contributed by atoms with van der Waals surface area (Å²) in [5.41, 5.74) is 0.543. The van der Waals surface area contributed by atoms with Crippen molar-refractivity contribution < 1.29 is 23.7 Å². The molecule has 10 atom stereocenters. The topological polar surface area (TPSA) is 54.0 Å². The number of carbonyl (C=O) groups is 1. The molecular formula is C31H54O5. The van der Waals surface area contributed by atoms with E-state index in [9.17, 15) is 4.79 Å². The third-order valence-electron chi connectivity index (χ3n) is 11.7. The van der Waals surface area contributed by atoms with E-state index in [0.29, 0.717) is 48.6 Å². The molecule has 0 aromatic carbocycles. The Hall–Kier alpha value is -0.490. The van der Waals surface area contributed by atoms with E-state index in [2.05, 4.69) is 20.8 Å². The number of fused-ring (bicyclic) bond motifs is 5. The van der Waals surface area contributed by atoms with Gasteiger partial charge in [0.05, 0.1) is 12.2 Å². The van der Waals surface area contributed by atoms with Gasteiger partial charge in [-0.15, -0.1) is 0 Å². The molecule has 4 saturated carbocycles. The molecule has 0 amide bonds. The Labute approximate surface area is 220 Å². The Morgan fingerprint density at radius 1 is 0.889 bits per heavy atom. The summed E-state index contributed by atoms with van der Waals surface area (Å²) in [6.07, 6.45) is 12.3. The Kier molecular flexibility index (Phi) is 9.28. The maximum atomic E-state index is 12.4. The van der Waals surface area contributed by atoms with E-state index in [1.807, 2.05) is 13.8 Å². The first-order chi connectivity index (χ1) is 17.2. The van der Waals surface area contributed by atoms with Gasteiger partial charge in [0.15, 0.2) is 0 Å². The maximum Gasteiger partial charge on any atom is 0.146 e. The van der Waals surface area contributed by atoms with Crippen molar-refractivity contribution in [3.63, 3.8) is 0 Å². The summed E-state index contributed by atoms with van der Waals surface area (Å²) in [4.78, 5) is 12.4. The van der Waals surface area contributed by atoms with E-state index >= 15 is 0 Å². The second-order valence-electron chi connectivity index (χ2n) is 13.6. The van der Waals surface area contributed by atoms with Gasteiger partial charge in [-0.2, -0.15) is 0 Å². The molecule has 5 heteroatoms. The highest BCUT2D eigenvalue weighted by Crippen LogP contribution is 2.69. The molecular weight excluding hydrogens is 452 g/mol. The molecule has 5 nitrogen and oxygen atoms in total. The predicted octanol–water partition coefficient (Wildman–Crippen LogP) is 6.87. The number of ketones is 1. The van der Waals surface area contributed by atoms with Crippen LogP contribution < -0.4 is 0 Å². The summed E-state index contributed by atoms with van der Waals surface area (Å²) in [6.45, 7) is 12.4. The highest BCUT2D eigenvalue weighted by molar-refractivity contribution is 5.80. The number of hydrogen-bond donors (Lipinski definition) is 0. The van der Waals surface area contributed by atoms with Crippen LogP contribution in [0, 0.1) is 52.3 Å². The molecule has 0 radical (unpaired) electrons. The molecule has 4 aliphatic carbocycles. The van der Waals surface area contributed by atoms with Crippen molar-refractivity contribution >= 4 is 5.78 Å². The summed E-state index contributed by atoms with van der Waals surface area (Å²) in [6, 6.07) is 0. The van der Waals surface area contributed by atoms with E-state index in [-0.39, 0.29) is 17.4 Å². The van der Waals surface area contributed by atoms with E-state index in [1.165, 1.54) is 38.5 Å². The minimum Gasteiger partial charge on any atom is -0.359 e. The normalized spacial score (nSPS) is 43.1. The number of hydrogen-bond acceptors (Lipinski definition) is 5. The molecule has 0 aromatic rings. The quantitative estimate of drug-likeness (QED) is 0.286. The molecule has 0 spiro atoms. The number of carbonyl (C=O) groups excluding carboxylic acids is 1. The van der Waals surface area contributed by atoms with Crippen LogP contribution in [0.5, 0.6) is 0 Å². The first-order valence-electron chi connectivity index (χ1n) is 14.9. The van der Waals surface area contributed by atoms with Crippen LogP contribution in [0.25, 0.3) is 0 Å². The molecule has 0 aliphatic heterocycles. The molecule has 0 aromatic heterocycles. The van der Waals surface area contributed by atoms with Gasteiger partial charge in [0.1, 0.15) is 19.4 Å². The molecule has 4 rings (SSSR count). The second kappa shape index (κ2) is 11.7. The molecule has 6 unspecified atom stereocenters. The van der Waals surface area contributed by atoms with Crippen LogP contribution in [0.4, 0.5) is 0 Å². The molecule has 36 heavy (non-hydrogen) atoms. The number of Topliss-reactive ketones (excluding diaryl/α,β-unsaturated/α-hetero) is 1. The fourth-order valence-electron chi connectivity index (χ4n) is 9.69. The molecule has 0 heterocycles. The fraction of sp³-hybridized carbons (Fsp3) is 0.968. The minimum atomic E-state index is 0.142. The Bertz CT molecular complexity index is 738. The van der Waals surface area contributed by atoms with Crippen molar-refractivity contribution in [3.8, 4) is 0 Å². The van der Waals surface area contributed by atoms with Crippen LogP contribution in [0.3, 0.4) is 0 Å². The van der Waals surface area contributed by atoms with Gasteiger partial charge in [0, 0.05) is 32.0 Å². The Morgan fingerprint density at radius 2 is 1.61 bits per heavy atom. The van der Waals surface area contributed by atoms with Crippen molar-refractivity contribution in [3.05, 3.63) is 0 Å². The monoisotopic (exact) mass is 506 g/mol. The minimum absolute atomic E-state index is 0.142. The van der Waals surface area contributed by atoms with Crippen LogP contribution in [0.2, 0.25) is 0 Å². The van der Waals surface area contributed by atoms with Gasteiger partial charge < -0.3 is 18.9 Å². The smallest absolute Gasteiger partial charge is 0.146 e. The number of ether oxygens (including phenoxy) is 4. The van der Waals surface area contributed by atoms with Crippen molar-refractivity contribution in [1.29, 1.82) is 0 Å². The van der Waals surface area contributed by atoms with Crippen LogP contribution in [-0.4, -0.2) is 45.8 Å². The Morgan fingerprint density at radius 3 is 2.31 bits per heavy atom. The van der Waals surface area contributed by atoms with E-state index in [0.717, 1.165) is 43.4 Å². The second-order valence-corrected chi connectivity index (χ2v) is 13.6. The molecule has 0 bridgehead atoms. The predicted molar refractivity (Wildman–Crippen MR) is 142 cm³/mol. The first-order valence-corrected chi connectivity index (χ1v) is 14.9. The first kappa shape index (κ1) is 28.5. The molecule has 4 aliphatic rings. The average Bonchev–Trinajstić information content (AvgIpc) is 3.22. The zero-order valence-corrected chi connectivity index (χ0v) is 24.2. The zero-order valence-electron chi connectivity index (χ0n) is 24.2. The van der Waals surface area contributed by atoms with Crippen molar-refractivity contribution in [2.24, 2.45) is 52.3 Å². The SMILES string of the molecule is COCO[C@@H]1CCC2(C)C3C[C@H](OCOC)C4(C)C(CCC4[C@H](C)CCC(=O)C(C)C)C3CC[C@@H]2C1. The van der Waals surface area contributed by atoms with Gasteiger partial charge in [-0.1, -0.05) is 34.6 Å². The average molecular weight is 507 g/mol. The lowest BCUT2D eigenvalue weighted by Crippen LogP contribution is -2.59. The largest absolute Gasteiger partial charge is 0.359 e. The van der Waals surface area contributed by atoms with Crippen molar-refractivity contribution in [2.75, 3.05) is 27.8 Å². The Balaban J connectivity index is 1.54. The van der Waals surface area contributed by atoms with Crippen LogP contribution in [0.15, 0.2) is 0 Å². The maximum absolute atomic E-state index is 12.4. The van der Waals surface area contributed by atoms with Crippen LogP contribution in [0.1, 0.15) is 98.8 Å². The number of methoxy groups -OCH3 is 2. The van der Waals surface area contributed by atoms with Gasteiger partial charge in [-0.05, 0) is 98.7 Å². The molecule has 208 valence electrons. The third kappa shape index (κ3) is 5.20. The molecule has 4 fully saturated rings. The van der Waals surface area contributed by atoms with Gasteiger partial charge >= 0.3 is 0 Å². The highest BCUT2D eigenvalue weighted by Gasteiger charge is 2.64. The lowest BCUT2D eigenvalue weighted by Gasteiger charge is -2.63. The summed E-state index contributed by atoms with van der Waals surface area (Å²) in [5, 5.41) is 0. The van der Waals surface area contributed by atoms with Gasteiger partial charge in [0.2, 0.25) is 0 Å². The van der Waals surface area contributed by atoms with E-state index in [1.54, 1.807) is 14.2 Å². The summed E-state index contributed by atoms with van der Waals surface area (Å²) in [7, 11) is 3.46. The van der Waals surface area contributed by atoms with Gasteiger partial charge in [0.25, 0.3) is 0 Å². The summed E-state index contributed by atoms with van der Waals surface area (Å²) in [5.74, 6) is 4.69.